The minimum atomic E-state index is -0.0363. The molecule has 0 radical (unpaired) electrons. The molecule has 46 heavy (non-hydrogen) atoms. The topological polar surface area (TPSA) is 84.5 Å². The summed E-state index contributed by atoms with van der Waals surface area (Å²) in [6.45, 7) is 23.1. The second-order valence-electron chi connectivity index (χ2n) is 10.7. The molecular weight excluding hydrogens is 564 g/mol. The van der Waals surface area contributed by atoms with Crippen molar-refractivity contribution in [2.45, 2.75) is 0 Å². The van der Waals surface area contributed by atoms with Crippen LogP contribution in [0, 0.1) is 53.7 Å². The van der Waals surface area contributed by atoms with Crippen molar-refractivity contribution in [3.05, 3.63) is 171 Å². The van der Waals surface area contributed by atoms with E-state index in [1.165, 1.54) is 0 Å². The van der Waals surface area contributed by atoms with Gasteiger partial charge in [0.25, 0.3) is 11.4 Å². The van der Waals surface area contributed by atoms with Gasteiger partial charge < -0.3 is 0 Å². The van der Waals surface area contributed by atoms with Gasteiger partial charge in [-0.1, -0.05) is 54.6 Å². The molecule has 0 saturated heterocycles. The van der Waals surface area contributed by atoms with Gasteiger partial charge >= 0.3 is 0 Å². The number of fused-ring (bicyclic) bond motifs is 6. The van der Waals surface area contributed by atoms with Crippen molar-refractivity contribution in [3.63, 3.8) is 0 Å². The summed E-state index contributed by atoms with van der Waals surface area (Å²) in [5.74, 6) is 0. The Balaban J connectivity index is 1.48. The Hall–Kier alpha value is -7.48. The summed E-state index contributed by atoms with van der Waals surface area (Å²) in [6, 6.07) is 36.6. The third-order valence-electron chi connectivity index (χ3n) is 8.40. The number of nitrogens with zero attached hydrogens (tertiary/aromatic N) is 6. The molecule has 0 fully saturated rings. The van der Waals surface area contributed by atoms with Crippen molar-refractivity contribution in [1.82, 2.24) is 0 Å². The molecular formula is C40H16N6. The molecule has 0 N–H and O–H groups in total. The highest BCUT2D eigenvalue weighted by molar-refractivity contribution is 6.11. The van der Waals surface area contributed by atoms with Gasteiger partial charge in [-0.3, -0.25) is 0 Å². The fourth-order valence-electron chi connectivity index (χ4n) is 6.39. The molecule has 0 aromatic heterocycles. The monoisotopic (exact) mass is 580 g/mol. The summed E-state index contributed by atoms with van der Waals surface area (Å²) in [5.41, 5.74) is 11.6. The van der Waals surface area contributed by atoms with Crippen LogP contribution in [-0.4, -0.2) is 0 Å². The lowest BCUT2D eigenvalue weighted by atomic mass is 9.95. The molecule has 6 heteroatoms. The Labute approximate surface area is 265 Å². The minimum absolute atomic E-state index is 0.0346. The van der Waals surface area contributed by atoms with Crippen LogP contribution in [0.5, 0.6) is 0 Å². The SMILES string of the molecule is [C-]#[N+]/C(C#N)=C1/c2cc(-c3cccc(C#N)c3)ccc2-c2cc3c(cc21)-c1ccc(-c2cccc([N+]#[C-])c2)cc1/C3=C(/C#N)[N+]#[C-]. The molecule has 7 rings (SSSR count). The van der Waals surface area contributed by atoms with Crippen molar-refractivity contribution in [2.75, 3.05) is 0 Å². The molecule has 2 aliphatic rings. The largest absolute Gasteiger partial charge is 0.270 e. The molecule has 0 atom stereocenters. The van der Waals surface area contributed by atoms with Gasteiger partial charge in [0.2, 0.25) is 0 Å². The predicted molar refractivity (Wildman–Crippen MR) is 176 cm³/mol. The highest BCUT2D eigenvalue weighted by Crippen LogP contribution is 2.54. The molecule has 0 spiro atoms. The van der Waals surface area contributed by atoms with E-state index in [0.717, 1.165) is 66.8 Å². The molecule has 0 bridgehead atoms. The van der Waals surface area contributed by atoms with E-state index in [4.69, 9.17) is 19.7 Å². The van der Waals surface area contributed by atoms with Gasteiger partial charge in [0.15, 0.2) is 5.69 Å². The van der Waals surface area contributed by atoms with E-state index in [1.807, 2.05) is 72.8 Å². The summed E-state index contributed by atoms with van der Waals surface area (Å²) in [5, 5.41) is 29.5. The van der Waals surface area contributed by atoms with E-state index >= 15 is 0 Å². The summed E-state index contributed by atoms with van der Waals surface area (Å²) in [4.78, 5) is 10.7. The lowest BCUT2D eigenvalue weighted by Gasteiger charge is -2.09. The maximum atomic E-state index is 10.0. The average molecular weight is 581 g/mol. The van der Waals surface area contributed by atoms with Gasteiger partial charge in [-0.25, -0.2) is 25.1 Å². The first-order chi connectivity index (χ1) is 22.5. The molecule has 0 amide bonds. The molecule has 0 heterocycles. The Morgan fingerprint density at radius 2 is 0.957 bits per heavy atom. The van der Waals surface area contributed by atoms with E-state index < -0.39 is 0 Å². The van der Waals surface area contributed by atoms with Crippen LogP contribution in [0.3, 0.4) is 0 Å². The van der Waals surface area contributed by atoms with Crippen LogP contribution in [0.4, 0.5) is 5.69 Å². The maximum Gasteiger partial charge on any atom is 0.270 e. The molecule has 206 valence electrons. The van der Waals surface area contributed by atoms with Crippen molar-refractivity contribution in [1.29, 1.82) is 15.8 Å². The summed E-state index contributed by atoms with van der Waals surface area (Å²) < 4.78 is 0. The van der Waals surface area contributed by atoms with Crippen LogP contribution >= 0.6 is 0 Å². The van der Waals surface area contributed by atoms with Gasteiger partial charge in [-0.05, 0) is 109 Å². The van der Waals surface area contributed by atoms with Crippen LogP contribution in [0.15, 0.2) is 108 Å². The summed E-state index contributed by atoms with van der Waals surface area (Å²) >= 11 is 0. The van der Waals surface area contributed by atoms with Crippen LogP contribution < -0.4 is 0 Å². The Morgan fingerprint density at radius 1 is 0.478 bits per heavy atom. The van der Waals surface area contributed by atoms with Gasteiger partial charge in [-0.2, -0.15) is 5.26 Å². The fraction of sp³-hybridized carbons (Fsp3) is 0. The first-order valence-electron chi connectivity index (χ1n) is 14.0. The fourth-order valence-corrected chi connectivity index (χ4v) is 6.39. The van der Waals surface area contributed by atoms with E-state index in [0.29, 0.717) is 22.4 Å². The average Bonchev–Trinajstić information content (AvgIpc) is 3.60. The lowest BCUT2D eigenvalue weighted by Crippen LogP contribution is -1.90. The van der Waals surface area contributed by atoms with E-state index in [-0.39, 0.29) is 11.4 Å². The van der Waals surface area contributed by atoms with Gasteiger partial charge in [0.05, 0.1) is 43.5 Å². The molecule has 0 saturated carbocycles. The number of nitriles is 3. The highest BCUT2D eigenvalue weighted by atomic mass is 14.7. The van der Waals surface area contributed by atoms with Gasteiger partial charge in [0.1, 0.15) is 0 Å². The lowest BCUT2D eigenvalue weighted by molar-refractivity contribution is 1.48. The van der Waals surface area contributed by atoms with E-state index in [9.17, 15) is 15.8 Å². The number of benzene rings is 5. The molecule has 0 unspecified atom stereocenters. The van der Waals surface area contributed by atoms with Crippen LogP contribution in [0.2, 0.25) is 0 Å². The van der Waals surface area contributed by atoms with Crippen LogP contribution in [-0.2, 0) is 0 Å². The zero-order chi connectivity index (χ0) is 31.9. The van der Waals surface area contributed by atoms with Gasteiger partial charge in [0, 0.05) is 11.1 Å². The highest BCUT2D eigenvalue weighted by Gasteiger charge is 2.33. The molecule has 5 aromatic rings. The predicted octanol–water partition coefficient (Wildman–Crippen LogP) is 9.81. The molecule has 5 aromatic carbocycles. The third kappa shape index (κ3) is 4.06. The number of hydrogen-bond acceptors (Lipinski definition) is 3. The second kappa shape index (κ2) is 10.7. The van der Waals surface area contributed by atoms with E-state index in [2.05, 4.69) is 32.7 Å². The van der Waals surface area contributed by atoms with Crippen molar-refractivity contribution in [3.8, 4) is 62.7 Å². The Bertz CT molecular complexity index is 2330. The minimum Gasteiger partial charge on any atom is -0.238 e. The van der Waals surface area contributed by atoms with Crippen LogP contribution in [0.25, 0.3) is 70.2 Å². The van der Waals surface area contributed by atoms with Crippen molar-refractivity contribution in [2.24, 2.45) is 0 Å². The third-order valence-corrected chi connectivity index (χ3v) is 8.40. The molecule has 6 nitrogen and oxygen atoms in total. The Morgan fingerprint density at radius 3 is 1.43 bits per heavy atom. The molecule has 2 aliphatic carbocycles. The number of rotatable bonds is 2. The van der Waals surface area contributed by atoms with Crippen molar-refractivity contribution >= 4 is 16.8 Å². The Kier molecular flexibility index (Phi) is 6.34. The number of hydrogen-bond donors (Lipinski definition) is 0. The normalized spacial score (nSPS) is 13.6. The summed E-state index contributed by atoms with van der Waals surface area (Å²) in [7, 11) is 0. The second-order valence-corrected chi connectivity index (χ2v) is 10.7. The standard InChI is InChI=1S/C40H16N6/c1-44-28-9-5-8-25(15-28)27-11-13-30-32-19-35-31(18-36(32)40(34(30)17-27)38(22-43)46-3)29-12-10-26(24-7-4-6-23(14-24)20-41)16-33(29)39(35)37(21-42)45-2/h4-19H/b39-37-,40-38+. The maximum absolute atomic E-state index is 10.0. The van der Waals surface area contributed by atoms with Crippen molar-refractivity contribution < 1.29 is 0 Å². The first-order valence-corrected chi connectivity index (χ1v) is 14.0. The zero-order valence-electron chi connectivity index (χ0n) is 23.9. The zero-order valence-corrected chi connectivity index (χ0v) is 23.9. The molecule has 0 aliphatic heterocycles. The number of allylic oxidation sites excluding steroid dienone is 2. The first kappa shape index (κ1) is 27.4. The van der Waals surface area contributed by atoms with Gasteiger partial charge in [-0.15, -0.1) is 0 Å². The quantitative estimate of drug-likeness (QED) is 0.151. The van der Waals surface area contributed by atoms with Crippen LogP contribution in [0.1, 0.15) is 27.8 Å². The smallest absolute Gasteiger partial charge is 0.238 e. The summed E-state index contributed by atoms with van der Waals surface area (Å²) in [6.07, 6.45) is 0. The van der Waals surface area contributed by atoms with E-state index in [1.54, 1.807) is 24.3 Å².